The van der Waals surface area contributed by atoms with Crippen LogP contribution in [0.25, 0.3) is 0 Å². The number of aromatic carboxylic acids is 2. The fourth-order valence-electron chi connectivity index (χ4n) is 1.97. The molecule has 0 heterocycles. The van der Waals surface area contributed by atoms with Crippen LogP contribution in [0.5, 0.6) is 0 Å². The van der Waals surface area contributed by atoms with Crippen LogP contribution in [0, 0.1) is 5.82 Å². The van der Waals surface area contributed by atoms with Gasteiger partial charge in [0, 0.05) is 0 Å². The van der Waals surface area contributed by atoms with Crippen LogP contribution in [0.15, 0.2) is 0 Å². The number of hydrogen-bond acceptors (Lipinski definition) is 2. The molecule has 0 atom stereocenters. The molecule has 0 aliphatic heterocycles. The van der Waals surface area contributed by atoms with Crippen molar-refractivity contribution in [1.82, 2.24) is 0 Å². The predicted octanol–water partition coefficient (Wildman–Crippen LogP) is 4.28. The summed E-state index contributed by atoms with van der Waals surface area (Å²) in [4.78, 5) is 21.4. The summed E-state index contributed by atoms with van der Waals surface area (Å²) in [6.07, 6.45) is -19.3. The maximum atomic E-state index is 13.8. The molecule has 0 aliphatic rings. The highest BCUT2D eigenvalue weighted by Crippen LogP contribution is 2.50. The van der Waals surface area contributed by atoms with Crippen molar-refractivity contribution in [1.29, 1.82) is 0 Å². The third kappa shape index (κ3) is 3.61. The van der Waals surface area contributed by atoms with Crippen LogP contribution in [0.1, 0.15) is 37.4 Å². The monoisotopic (exact) mass is 388 g/mol. The molecule has 0 saturated heterocycles. The molecule has 0 bridgehead atoms. The lowest BCUT2D eigenvalue weighted by molar-refractivity contribution is -0.175. The number of rotatable bonds is 2. The van der Waals surface area contributed by atoms with Gasteiger partial charge in [-0.15, -0.1) is 0 Å². The molecular weight excluding hydrogens is 386 g/mol. The predicted molar refractivity (Wildman–Crippen MR) is 55.3 cm³/mol. The third-order valence-electron chi connectivity index (χ3n) is 2.72. The highest BCUT2D eigenvalue weighted by molar-refractivity contribution is 5.98. The molecular formula is C11H2F10O4. The van der Waals surface area contributed by atoms with Gasteiger partial charge in [-0.2, -0.15) is 39.5 Å². The maximum Gasteiger partial charge on any atom is 0.417 e. The molecule has 2 N–H and O–H groups in total. The van der Waals surface area contributed by atoms with Crippen LogP contribution >= 0.6 is 0 Å². The van der Waals surface area contributed by atoms with E-state index in [9.17, 15) is 53.5 Å². The van der Waals surface area contributed by atoms with Crippen molar-refractivity contribution in [3.63, 3.8) is 0 Å². The SMILES string of the molecule is O=C(O)c1c(F)c(C(=O)O)c(C(F)(F)F)c(C(F)(F)F)c1C(F)(F)F. The lowest BCUT2D eigenvalue weighted by atomic mass is 9.89. The van der Waals surface area contributed by atoms with Crippen molar-refractivity contribution in [2.24, 2.45) is 0 Å². The molecule has 0 radical (unpaired) electrons. The van der Waals surface area contributed by atoms with Crippen LogP contribution in [0.2, 0.25) is 0 Å². The summed E-state index contributed by atoms with van der Waals surface area (Å²) in [5.41, 5.74) is -16.4. The van der Waals surface area contributed by atoms with Gasteiger partial charge in [0.05, 0.1) is 16.7 Å². The van der Waals surface area contributed by atoms with Crippen LogP contribution in [0.3, 0.4) is 0 Å². The van der Waals surface area contributed by atoms with E-state index in [2.05, 4.69) is 0 Å². The molecule has 0 spiro atoms. The summed E-state index contributed by atoms with van der Waals surface area (Å²) in [6, 6.07) is 0. The van der Waals surface area contributed by atoms with Crippen molar-refractivity contribution in [2.75, 3.05) is 0 Å². The van der Waals surface area contributed by atoms with Crippen molar-refractivity contribution >= 4 is 11.9 Å². The molecule has 0 unspecified atom stereocenters. The van der Waals surface area contributed by atoms with E-state index >= 15 is 0 Å². The molecule has 1 aromatic carbocycles. The smallest absolute Gasteiger partial charge is 0.417 e. The van der Waals surface area contributed by atoms with Gasteiger partial charge >= 0.3 is 30.5 Å². The first kappa shape index (κ1) is 20.5. The van der Waals surface area contributed by atoms with Crippen molar-refractivity contribution in [3.8, 4) is 0 Å². The zero-order chi connectivity index (χ0) is 20.1. The number of benzene rings is 1. The fourth-order valence-corrected chi connectivity index (χ4v) is 1.97. The van der Waals surface area contributed by atoms with E-state index in [0.29, 0.717) is 0 Å². The van der Waals surface area contributed by atoms with E-state index < -0.39 is 64.1 Å². The van der Waals surface area contributed by atoms with Gasteiger partial charge < -0.3 is 10.2 Å². The Kier molecular flexibility index (Phi) is 4.73. The number of carbonyl (C=O) groups is 2. The number of hydrogen-bond donors (Lipinski definition) is 2. The van der Waals surface area contributed by atoms with E-state index in [0.717, 1.165) is 0 Å². The molecule has 0 amide bonds. The normalized spacial score (nSPS) is 13.0. The van der Waals surface area contributed by atoms with Crippen molar-refractivity contribution in [3.05, 3.63) is 33.6 Å². The van der Waals surface area contributed by atoms with Gasteiger partial charge in [-0.1, -0.05) is 0 Å². The Balaban J connectivity index is 4.48. The number of alkyl halides is 9. The van der Waals surface area contributed by atoms with Crippen LogP contribution in [-0.4, -0.2) is 22.2 Å². The molecule has 1 rings (SSSR count). The molecule has 14 heteroatoms. The van der Waals surface area contributed by atoms with Gasteiger partial charge in [-0.3, -0.25) is 0 Å². The van der Waals surface area contributed by atoms with Gasteiger partial charge in [-0.05, 0) is 0 Å². The topological polar surface area (TPSA) is 74.6 Å². The third-order valence-corrected chi connectivity index (χ3v) is 2.72. The summed E-state index contributed by atoms with van der Waals surface area (Å²) < 4.78 is 129. The highest BCUT2D eigenvalue weighted by Gasteiger charge is 2.56. The Bertz CT molecular complexity index is 688. The van der Waals surface area contributed by atoms with Crippen LogP contribution in [-0.2, 0) is 18.5 Å². The van der Waals surface area contributed by atoms with Crippen LogP contribution < -0.4 is 0 Å². The first-order valence-corrected chi connectivity index (χ1v) is 5.50. The Morgan fingerprint density at radius 1 is 0.600 bits per heavy atom. The summed E-state index contributed by atoms with van der Waals surface area (Å²) >= 11 is 0. The lowest BCUT2D eigenvalue weighted by Gasteiger charge is -2.24. The zero-order valence-corrected chi connectivity index (χ0v) is 11.0. The minimum atomic E-state index is -6.50. The fraction of sp³-hybridized carbons (Fsp3) is 0.273. The molecule has 1 aromatic rings. The minimum Gasteiger partial charge on any atom is -0.478 e. The quantitative estimate of drug-likeness (QED) is 0.742. The summed E-state index contributed by atoms with van der Waals surface area (Å²) in [5, 5.41) is 17.0. The standard InChI is InChI=1S/C11H2F10O4/c12-6-1(7(22)23)3(9(13,14)15)5(11(19,20)21)4(10(16,17)18)2(6)8(24)25/h(H,22,23)(H,24,25). The van der Waals surface area contributed by atoms with Crippen LogP contribution in [0.4, 0.5) is 43.9 Å². The van der Waals surface area contributed by atoms with E-state index in [1.807, 2.05) is 0 Å². The Morgan fingerprint density at radius 2 is 0.840 bits per heavy atom. The Hall–Kier alpha value is -2.54. The van der Waals surface area contributed by atoms with Crippen molar-refractivity contribution < 1.29 is 63.7 Å². The molecule has 25 heavy (non-hydrogen) atoms. The molecule has 0 fully saturated rings. The highest BCUT2D eigenvalue weighted by atomic mass is 19.4. The zero-order valence-electron chi connectivity index (χ0n) is 11.0. The number of carboxylic acid groups (broad SMARTS) is 2. The lowest BCUT2D eigenvalue weighted by Crippen LogP contribution is -2.30. The number of halogens is 10. The van der Waals surface area contributed by atoms with Crippen molar-refractivity contribution in [2.45, 2.75) is 18.5 Å². The second-order valence-corrected chi connectivity index (χ2v) is 4.29. The maximum absolute atomic E-state index is 13.8. The molecule has 0 saturated carbocycles. The first-order chi connectivity index (χ1) is 10.9. The van der Waals surface area contributed by atoms with Gasteiger partial charge in [0.15, 0.2) is 5.82 Å². The van der Waals surface area contributed by atoms with Gasteiger partial charge in [0.2, 0.25) is 0 Å². The summed E-state index contributed by atoms with van der Waals surface area (Å²) in [6.45, 7) is 0. The largest absolute Gasteiger partial charge is 0.478 e. The molecule has 4 nitrogen and oxygen atoms in total. The summed E-state index contributed by atoms with van der Waals surface area (Å²) in [7, 11) is 0. The van der Waals surface area contributed by atoms with E-state index in [1.54, 1.807) is 0 Å². The van der Waals surface area contributed by atoms with E-state index in [4.69, 9.17) is 10.2 Å². The Morgan fingerprint density at radius 3 is 1.00 bits per heavy atom. The second-order valence-electron chi connectivity index (χ2n) is 4.29. The Labute approximate surface area is 129 Å². The van der Waals surface area contributed by atoms with Gasteiger partial charge in [-0.25, -0.2) is 14.0 Å². The summed E-state index contributed by atoms with van der Waals surface area (Å²) in [5.74, 6) is -9.18. The average Bonchev–Trinajstić information content (AvgIpc) is 2.32. The average molecular weight is 388 g/mol. The molecule has 0 aromatic heterocycles. The molecule has 0 aliphatic carbocycles. The van der Waals surface area contributed by atoms with Gasteiger partial charge in [0.1, 0.15) is 11.1 Å². The van der Waals surface area contributed by atoms with Gasteiger partial charge in [0.25, 0.3) is 0 Å². The molecule has 140 valence electrons. The number of carboxylic acids is 2. The first-order valence-electron chi connectivity index (χ1n) is 5.50. The second kappa shape index (κ2) is 5.77. The van der Waals surface area contributed by atoms with E-state index in [1.165, 1.54) is 0 Å². The minimum absolute atomic E-state index is 2.88. The van der Waals surface area contributed by atoms with E-state index in [-0.39, 0.29) is 0 Å².